The molecule has 3 fully saturated rings. The number of hydrogen-bond donors (Lipinski definition) is 4. The fourth-order valence-electron chi connectivity index (χ4n) is 7.31. The first kappa shape index (κ1) is 19.2. The van der Waals surface area contributed by atoms with Crippen molar-refractivity contribution in [1.29, 1.82) is 0 Å². The largest absolute Gasteiger partial charge is 0.393 e. The van der Waals surface area contributed by atoms with Gasteiger partial charge in [0.2, 0.25) is 12.1 Å². The lowest BCUT2D eigenvalue weighted by molar-refractivity contribution is -0.196. The highest BCUT2D eigenvalue weighted by atomic mass is 16.5. The zero-order valence-corrected chi connectivity index (χ0v) is 16.0. The van der Waals surface area contributed by atoms with Crippen molar-refractivity contribution in [3.05, 3.63) is 11.6 Å². The molecule has 4 unspecified atom stereocenters. The van der Waals surface area contributed by atoms with Crippen LogP contribution in [0.2, 0.25) is 0 Å². The Morgan fingerprint density at radius 1 is 1.19 bits per heavy atom. The summed E-state index contributed by atoms with van der Waals surface area (Å²) >= 11 is 0. The molecule has 3 saturated carbocycles. The zero-order chi connectivity index (χ0) is 19.8. The van der Waals surface area contributed by atoms with E-state index in [0.29, 0.717) is 12.8 Å². The molecule has 0 aromatic carbocycles. The topological polar surface area (TPSA) is 115 Å². The first-order chi connectivity index (χ1) is 12.5. The predicted octanol–water partition coefficient (Wildman–Crippen LogP) is 1.10. The summed E-state index contributed by atoms with van der Waals surface area (Å²) in [5.41, 5.74) is -1.79. The van der Waals surface area contributed by atoms with Crippen LogP contribution in [0.15, 0.2) is 11.6 Å². The van der Waals surface area contributed by atoms with Gasteiger partial charge < -0.3 is 20.4 Å². The molecule has 4 aliphatic carbocycles. The summed E-state index contributed by atoms with van der Waals surface area (Å²) in [6, 6.07) is 0. The van der Waals surface area contributed by atoms with Gasteiger partial charge >= 0.3 is 0 Å². The van der Waals surface area contributed by atoms with Crippen molar-refractivity contribution in [3.8, 4) is 0 Å². The third-order valence-corrected chi connectivity index (χ3v) is 8.69. The average molecular weight is 378 g/mol. The molecular weight excluding hydrogens is 348 g/mol. The summed E-state index contributed by atoms with van der Waals surface area (Å²) < 4.78 is 0. The second-order valence-corrected chi connectivity index (χ2v) is 9.71. The zero-order valence-electron chi connectivity index (χ0n) is 16.0. The molecule has 27 heavy (non-hydrogen) atoms. The lowest BCUT2D eigenvalue weighted by Crippen LogP contribution is -2.62. The van der Waals surface area contributed by atoms with E-state index in [1.54, 1.807) is 6.08 Å². The number of carbonyl (C=O) groups is 2. The van der Waals surface area contributed by atoms with Gasteiger partial charge in [-0.3, -0.25) is 9.59 Å². The number of carbonyl (C=O) groups excluding carboxylic acids is 2. The number of hydrogen-bond acceptors (Lipinski definition) is 6. The Morgan fingerprint density at radius 2 is 1.89 bits per heavy atom. The molecule has 4 aliphatic rings. The number of allylic oxidation sites excluding steroid dienone is 1. The maximum Gasteiger partial charge on any atom is 0.220 e. The van der Waals surface area contributed by atoms with Crippen molar-refractivity contribution in [1.82, 2.24) is 0 Å². The van der Waals surface area contributed by atoms with E-state index in [4.69, 9.17) is 0 Å². The van der Waals surface area contributed by atoms with Gasteiger partial charge in [-0.1, -0.05) is 19.4 Å². The summed E-state index contributed by atoms with van der Waals surface area (Å²) in [6.45, 7) is 3.97. The highest BCUT2D eigenvalue weighted by molar-refractivity contribution is 5.92. The molecule has 4 rings (SSSR count). The van der Waals surface area contributed by atoms with Gasteiger partial charge in [0.25, 0.3) is 0 Å². The van der Waals surface area contributed by atoms with Gasteiger partial charge in [0.05, 0.1) is 6.10 Å². The van der Waals surface area contributed by atoms with Crippen molar-refractivity contribution in [2.45, 2.75) is 76.8 Å². The van der Waals surface area contributed by atoms with Crippen LogP contribution >= 0.6 is 0 Å². The number of rotatable bonds is 2. The van der Waals surface area contributed by atoms with Crippen LogP contribution in [-0.2, 0) is 9.59 Å². The molecule has 150 valence electrons. The molecule has 7 atom stereocenters. The minimum Gasteiger partial charge on any atom is -0.393 e. The van der Waals surface area contributed by atoms with Crippen LogP contribution in [0.4, 0.5) is 0 Å². The van der Waals surface area contributed by atoms with Gasteiger partial charge in [-0.05, 0) is 67.8 Å². The van der Waals surface area contributed by atoms with Crippen molar-refractivity contribution in [2.24, 2.45) is 28.6 Å². The van der Waals surface area contributed by atoms with E-state index in [-0.39, 0.29) is 41.8 Å². The smallest absolute Gasteiger partial charge is 0.220 e. The lowest BCUT2D eigenvalue weighted by atomic mass is 9.45. The fourth-order valence-corrected chi connectivity index (χ4v) is 7.31. The molecule has 0 aromatic heterocycles. The van der Waals surface area contributed by atoms with Gasteiger partial charge in [0, 0.05) is 11.8 Å². The SMILES string of the molecule is C[C@]12CCC(=O)C=C1CCC1C2C(O)C[C@@]2(C)C1CC[C@]2(O)C(=O)C(O)O. The number of aliphatic hydroxyl groups excluding tert-OH is 2. The number of Topliss-reactive ketones (excluding diaryl/α,β-unsaturated/α-hetero) is 1. The fraction of sp³-hybridized carbons (Fsp3) is 0.810. The normalized spacial score (nSPS) is 49.3. The van der Waals surface area contributed by atoms with Crippen LogP contribution in [0.5, 0.6) is 0 Å². The van der Waals surface area contributed by atoms with Gasteiger partial charge in [0.1, 0.15) is 5.60 Å². The summed E-state index contributed by atoms with van der Waals surface area (Å²) in [6.07, 6.45) is 2.80. The maximum atomic E-state index is 12.4. The van der Waals surface area contributed by atoms with E-state index in [1.807, 2.05) is 6.92 Å². The average Bonchev–Trinajstić information content (AvgIpc) is 2.86. The van der Waals surface area contributed by atoms with Crippen LogP contribution in [0.1, 0.15) is 58.8 Å². The highest BCUT2D eigenvalue weighted by Gasteiger charge is 2.68. The minimum atomic E-state index is -2.21. The first-order valence-corrected chi connectivity index (χ1v) is 10.1. The van der Waals surface area contributed by atoms with E-state index >= 15 is 0 Å². The summed E-state index contributed by atoms with van der Waals surface area (Å²) in [5, 5.41) is 41.2. The molecule has 6 nitrogen and oxygen atoms in total. The van der Waals surface area contributed by atoms with Gasteiger partial charge in [0.15, 0.2) is 5.78 Å². The van der Waals surface area contributed by atoms with Crippen molar-refractivity contribution >= 4 is 11.6 Å². The monoisotopic (exact) mass is 378 g/mol. The number of aliphatic hydroxyl groups is 4. The second-order valence-electron chi connectivity index (χ2n) is 9.71. The Balaban J connectivity index is 1.73. The molecule has 0 heterocycles. The number of fused-ring (bicyclic) bond motifs is 5. The Labute approximate surface area is 159 Å². The Hall–Kier alpha value is -1.08. The van der Waals surface area contributed by atoms with Crippen molar-refractivity contribution in [2.75, 3.05) is 0 Å². The highest BCUT2D eigenvalue weighted by Crippen LogP contribution is 2.67. The van der Waals surface area contributed by atoms with Crippen LogP contribution in [0.3, 0.4) is 0 Å². The molecule has 0 aromatic rings. The molecule has 0 saturated heterocycles. The molecule has 0 spiro atoms. The van der Waals surface area contributed by atoms with Crippen LogP contribution in [0.25, 0.3) is 0 Å². The van der Waals surface area contributed by atoms with E-state index in [1.165, 1.54) is 0 Å². The van der Waals surface area contributed by atoms with Crippen LogP contribution in [-0.4, -0.2) is 50.0 Å². The summed E-state index contributed by atoms with van der Waals surface area (Å²) in [7, 11) is 0. The maximum absolute atomic E-state index is 12.4. The van der Waals surface area contributed by atoms with Gasteiger partial charge in [-0.25, -0.2) is 0 Å². The molecular formula is C21H30O6. The van der Waals surface area contributed by atoms with Crippen LogP contribution < -0.4 is 0 Å². The standard InChI is InChI=1S/C21H30O6/c1-19-7-5-12(22)9-11(19)3-4-13-14-6-8-21(27,17(24)18(25)26)20(14,2)10-15(23)16(13)19/h9,13-16,18,23,25-27H,3-8,10H2,1-2H3/t13?,14?,15?,16?,19-,20-,21-/m0/s1. The van der Waals surface area contributed by atoms with E-state index < -0.39 is 29.2 Å². The van der Waals surface area contributed by atoms with E-state index in [9.17, 15) is 30.0 Å². The Bertz CT molecular complexity index is 713. The molecule has 6 heteroatoms. The number of ketones is 2. The van der Waals surface area contributed by atoms with Crippen LogP contribution in [0, 0.1) is 28.6 Å². The van der Waals surface area contributed by atoms with Gasteiger partial charge in [-0.15, -0.1) is 0 Å². The molecule has 0 aliphatic heterocycles. The van der Waals surface area contributed by atoms with Crippen molar-refractivity contribution in [3.63, 3.8) is 0 Å². The van der Waals surface area contributed by atoms with E-state index in [2.05, 4.69) is 6.92 Å². The predicted molar refractivity (Wildman–Crippen MR) is 96.3 cm³/mol. The summed E-state index contributed by atoms with van der Waals surface area (Å²) in [4.78, 5) is 24.3. The minimum absolute atomic E-state index is 0.000164. The molecule has 0 radical (unpaired) electrons. The van der Waals surface area contributed by atoms with E-state index in [0.717, 1.165) is 24.8 Å². The first-order valence-electron chi connectivity index (χ1n) is 10.1. The third-order valence-electron chi connectivity index (χ3n) is 8.69. The quantitative estimate of drug-likeness (QED) is 0.535. The second kappa shape index (κ2) is 5.96. The van der Waals surface area contributed by atoms with Gasteiger partial charge in [-0.2, -0.15) is 0 Å². The third kappa shape index (κ3) is 2.40. The Kier molecular flexibility index (Phi) is 4.25. The summed E-state index contributed by atoms with van der Waals surface area (Å²) in [5.74, 6) is -0.612. The van der Waals surface area contributed by atoms with Crippen molar-refractivity contribution < 1.29 is 30.0 Å². The molecule has 0 amide bonds. The molecule has 0 bridgehead atoms. The Morgan fingerprint density at radius 3 is 2.56 bits per heavy atom. The molecule has 4 N–H and O–H groups in total. The lowest BCUT2D eigenvalue weighted by Gasteiger charge is -2.60.